The molecule has 140 valence electrons. The molecular weight excluding hydrogens is 336 g/mol. The van der Waals surface area contributed by atoms with Crippen LogP contribution >= 0.6 is 0 Å². The van der Waals surface area contributed by atoms with Gasteiger partial charge in [-0.1, -0.05) is 30.3 Å². The molecular formula is C19H24N2O5. The lowest BCUT2D eigenvalue weighted by Crippen LogP contribution is -2.62. The molecule has 1 atom stereocenters. The summed E-state index contributed by atoms with van der Waals surface area (Å²) in [6.45, 7) is 1.09. The van der Waals surface area contributed by atoms with Crippen LogP contribution in [0.15, 0.2) is 30.3 Å². The number of piperidine rings is 1. The molecule has 0 bridgehead atoms. The highest BCUT2D eigenvalue weighted by atomic mass is 16.6. The maximum absolute atomic E-state index is 13.1. The molecule has 2 aliphatic rings. The summed E-state index contributed by atoms with van der Waals surface area (Å²) in [5.41, 5.74) is 0.0106. The second-order valence-electron chi connectivity index (χ2n) is 6.73. The van der Waals surface area contributed by atoms with Crippen molar-refractivity contribution in [1.29, 1.82) is 0 Å². The van der Waals surface area contributed by atoms with Crippen LogP contribution in [0.5, 0.6) is 0 Å². The van der Waals surface area contributed by atoms with E-state index in [0.29, 0.717) is 25.9 Å². The molecule has 0 N–H and O–H groups in total. The normalized spacial score (nSPS) is 22.6. The van der Waals surface area contributed by atoms with E-state index in [4.69, 9.17) is 4.74 Å². The second-order valence-corrected chi connectivity index (χ2v) is 6.73. The van der Waals surface area contributed by atoms with Gasteiger partial charge in [-0.15, -0.1) is 0 Å². The fourth-order valence-electron chi connectivity index (χ4n) is 3.86. The van der Waals surface area contributed by atoms with Crippen LogP contribution in [0.1, 0.15) is 31.2 Å². The maximum atomic E-state index is 13.1. The monoisotopic (exact) mass is 360 g/mol. The third-order valence-electron chi connectivity index (χ3n) is 5.17. The number of amides is 2. The lowest BCUT2D eigenvalue weighted by Gasteiger charge is -2.43. The predicted molar refractivity (Wildman–Crippen MR) is 93.1 cm³/mol. The summed E-state index contributed by atoms with van der Waals surface area (Å²) >= 11 is 0. The van der Waals surface area contributed by atoms with E-state index in [1.807, 2.05) is 30.3 Å². The zero-order valence-corrected chi connectivity index (χ0v) is 15.0. The maximum Gasteiger partial charge on any atom is 0.411 e. The molecule has 2 amide bonds. The molecule has 0 saturated carbocycles. The van der Waals surface area contributed by atoms with E-state index in [-0.39, 0.29) is 19.1 Å². The third-order valence-corrected chi connectivity index (χ3v) is 5.17. The van der Waals surface area contributed by atoms with E-state index >= 15 is 0 Å². The quantitative estimate of drug-likeness (QED) is 0.767. The number of ether oxygens (including phenoxy) is 2. The highest BCUT2D eigenvalue weighted by Gasteiger charge is 2.53. The number of methoxy groups -OCH3 is 1. The number of likely N-dealkylation sites (tertiary alicyclic amines) is 2. The lowest BCUT2D eigenvalue weighted by molar-refractivity contribution is -0.154. The van der Waals surface area contributed by atoms with Gasteiger partial charge in [0.05, 0.1) is 7.11 Å². The Labute approximate surface area is 152 Å². The number of nitrogens with zero attached hydrogens (tertiary/aromatic N) is 2. The number of hydrogen-bond acceptors (Lipinski definition) is 5. The Bertz CT molecular complexity index is 678. The van der Waals surface area contributed by atoms with E-state index in [1.165, 1.54) is 12.0 Å². The molecule has 3 rings (SSSR count). The standard InChI is InChI=1S/C19H24N2O5/c1-25-16(22)13-20-11-5-9-19(17(20)23)10-6-12-21(19)18(24)26-14-15-7-3-2-4-8-15/h2-4,7-8H,5-6,9-14H2,1H3/t19-/m0/s1. The lowest BCUT2D eigenvalue weighted by atomic mass is 9.85. The largest absolute Gasteiger partial charge is 0.468 e. The number of benzene rings is 1. The first kappa shape index (κ1) is 18.2. The predicted octanol–water partition coefficient (Wildman–Crippen LogP) is 1.95. The van der Waals surface area contributed by atoms with Gasteiger partial charge in [0.2, 0.25) is 5.91 Å². The summed E-state index contributed by atoms with van der Waals surface area (Å²) in [4.78, 5) is 40.4. The van der Waals surface area contributed by atoms with Crippen molar-refractivity contribution in [2.75, 3.05) is 26.7 Å². The van der Waals surface area contributed by atoms with E-state index < -0.39 is 17.6 Å². The van der Waals surface area contributed by atoms with Crippen molar-refractivity contribution >= 4 is 18.0 Å². The second kappa shape index (κ2) is 7.76. The van der Waals surface area contributed by atoms with Crippen LogP contribution in [0.25, 0.3) is 0 Å². The van der Waals surface area contributed by atoms with Gasteiger partial charge in [0, 0.05) is 13.1 Å². The van der Waals surface area contributed by atoms with E-state index in [2.05, 4.69) is 4.74 Å². The van der Waals surface area contributed by atoms with Crippen LogP contribution in [0.4, 0.5) is 4.79 Å². The van der Waals surface area contributed by atoms with Crippen LogP contribution in [-0.2, 0) is 25.7 Å². The summed E-state index contributed by atoms with van der Waals surface area (Å²) in [7, 11) is 1.30. The summed E-state index contributed by atoms with van der Waals surface area (Å²) in [5.74, 6) is -0.630. The summed E-state index contributed by atoms with van der Waals surface area (Å²) < 4.78 is 10.1. The Kier molecular flexibility index (Phi) is 5.44. The van der Waals surface area contributed by atoms with Gasteiger partial charge in [-0.25, -0.2) is 4.79 Å². The zero-order valence-electron chi connectivity index (χ0n) is 15.0. The molecule has 0 aliphatic carbocycles. The van der Waals surface area contributed by atoms with Gasteiger partial charge in [0.15, 0.2) is 0 Å². The third kappa shape index (κ3) is 3.52. The number of esters is 1. The molecule has 2 fully saturated rings. The minimum atomic E-state index is -0.889. The molecule has 0 unspecified atom stereocenters. The molecule has 7 heteroatoms. The van der Waals surface area contributed by atoms with Crippen molar-refractivity contribution in [3.8, 4) is 0 Å². The number of rotatable bonds is 4. The molecule has 0 radical (unpaired) electrons. The van der Waals surface area contributed by atoms with Gasteiger partial charge in [0.1, 0.15) is 18.7 Å². The van der Waals surface area contributed by atoms with Gasteiger partial charge >= 0.3 is 12.1 Å². The van der Waals surface area contributed by atoms with Crippen LogP contribution < -0.4 is 0 Å². The molecule has 2 heterocycles. The highest BCUT2D eigenvalue weighted by molar-refractivity contribution is 5.93. The highest BCUT2D eigenvalue weighted by Crippen LogP contribution is 2.38. The number of carbonyl (C=O) groups excluding carboxylic acids is 3. The smallest absolute Gasteiger partial charge is 0.411 e. The van der Waals surface area contributed by atoms with E-state index in [0.717, 1.165) is 18.4 Å². The van der Waals surface area contributed by atoms with Gasteiger partial charge < -0.3 is 14.4 Å². The summed E-state index contributed by atoms with van der Waals surface area (Å²) in [5, 5.41) is 0. The molecule has 26 heavy (non-hydrogen) atoms. The molecule has 1 spiro atoms. The minimum absolute atomic E-state index is 0.0794. The molecule has 1 aromatic rings. The molecule has 1 aromatic carbocycles. The molecule has 2 saturated heterocycles. The van der Waals surface area contributed by atoms with Crippen molar-refractivity contribution in [3.63, 3.8) is 0 Å². The first-order valence-electron chi connectivity index (χ1n) is 8.91. The zero-order chi connectivity index (χ0) is 18.6. The number of carbonyl (C=O) groups is 3. The van der Waals surface area contributed by atoms with Gasteiger partial charge in [-0.2, -0.15) is 0 Å². The van der Waals surface area contributed by atoms with Crippen molar-refractivity contribution in [1.82, 2.24) is 9.80 Å². The van der Waals surface area contributed by atoms with Crippen molar-refractivity contribution in [2.24, 2.45) is 0 Å². The Hall–Kier alpha value is -2.57. The Morgan fingerprint density at radius 1 is 1.12 bits per heavy atom. The van der Waals surface area contributed by atoms with Gasteiger partial charge in [-0.3, -0.25) is 14.5 Å². The first-order valence-corrected chi connectivity index (χ1v) is 8.91. The fourth-order valence-corrected chi connectivity index (χ4v) is 3.86. The molecule has 7 nitrogen and oxygen atoms in total. The average molecular weight is 360 g/mol. The Balaban J connectivity index is 1.70. The number of hydrogen-bond donors (Lipinski definition) is 0. The Morgan fingerprint density at radius 2 is 1.81 bits per heavy atom. The van der Waals surface area contributed by atoms with Crippen LogP contribution in [0.3, 0.4) is 0 Å². The van der Waals surface area contributed by atoms with Gasteiger partial charge in [-0.05, 0) is 31.2 Å². The molecule has 2 aliphatic heterocycles. The molecule has 0 aromatic heterocycles. The first-order chi connectivity index (χ1) is 12.6. The summed E-state index contributed by atoms with van der Waals surface area (Å²) in [6, 6.07) is 9.44. The summed E-state index contributed by atoms with van der Waals surface area (Å²) in [6.07, 6.45) is 2.22. The Morgan fingerprint density at radius 3 is 2.50 bits per heavy atom. The van der Waals surface area contributed by atoms with Crippen molar-refractivity contribution < 1.29 is 23.9 Å². The van der Waals surface area contributed by atoms with Crippen molar-refractivity contribution in [3.05, 3.63) is 35.9 Å². The van der Waals surface area contributed by atoms with E-state index in [1.54, 1.807) is 4.90 Å². The average Bonchev–Trinajstić information content (AvgIpc) is 3.09. The van der Waals surface area contributed by atoms with Crippen molar-refractivity contribution in [2.45, 2.75) is 37.8 Å². The topological polar surface area (TPSA) is 76.2 Å². The van der Waals surface area contributed by atoms with Crippen LogP contribution in [-0.4, -0.2) is 60.1 Å². The van der Waals surface area contributed by atoms with E-state index in [9.17, 15) is 14.4 Å². The minimum Gasteiger partial charge on any atom is -0.468 e. The van der Waals surface area contributed by atoms with Crippen LogP contribution in [0.2, 0.25) is 0 Å². The van der Waals surface area contributed by atoms with Crippen LogP contribution in [0, 0.1) is 0 Å². The van der Waals surface area contributed by atoms with Gasteiger partial charge in [0.25, 0.3) is 0 Å². The SMILES string of the molecule is COC(=O)CN1CCC[C@]2(CCCN2C(=O)OCc2ccccc2)C1=O. The fraction of sp³-hybridized carbons (Fsp3) is 0.526.